The van der Waals surface area contributed by atoms with Gasteiger partial charge in [-0.2, -0.15) is 4.98 Å². The lowest BCUT2D eigenvalue weighted by Gasteiger charge is -2.35. The standard InChI is InChI=1S/C27H40N6O3/c1-31-13-4-3-5-23(31)19-32-14-10-20(18-32)17-28-26(34)22-11-15-33(16-12-22)27-29-25(30-36-27)21-6-8-24(35-2)9-7-21/h6-9,20,22-23H,3-5,10-19H2,1-2H3,(H,28,34)/t20?,23-/m1/s1. The Morgan fingerprint density at radius 2 is 1.89 bits per heavy atom. The van der Waals surface area contributed by atoms with Gasteiger partial charge in [0.05, 0.1) is 7.11 Å². The zero-order chi connectivity index (χ0) is 24.9. The fraction of sp³-hybridized carbons (Fsp3) is 0.667. The molecule has 3 aliphatic heterocycles. The van der Waals surface area contributed by atoms with Crippen LogP contribution in [0.1, 0.15) is 38.5 Å². The first-order valence-corrected chi connectivity index (χ1v) is 13.5. The van der Waals surface area contributed by atoms with Crippen molar-refractivity contribution in [2.24, 2.45) is 11.8 Å². The minimum absolute atomic E-state index is 0.0543. The molecule has 9 nitrogen and oxygen atoms in total. The topological polar surface area (TPSA) is 87.0 Å². The molecule has 1 aromatic carbocycles. The van der Waals surface area contributed by atoms with E-state index in [1.54, 1.807) is 7.11 Å². The van der Waals surface area contributed by atoms with E-state index in [1.807, 2.05) is 24.3 Å². The Balaban J connectivity index is 1.03. The van der Waals surface area contributed by atoms with Crippen LogP contribution in [0.3, 0.4) is 0 Å². The molecule has 0 spiro atoms. The number of carbonyl (C=O) groups is 1. The molecule has 1 unspecified atom stereocenters. The highest BCUT2D eigenvalue weighted by Gasteiger charge is 2.30. The number of piperidine rings is 2. The van der Waals surface area contributed by atoms with E-state index in [1.165, 1.54) is 38.8 Å². The lowest BCUT2D eigenvalue weighted by molar-refractivity contribution is -0.125. The number of likely N-dealkylation sites (N-methyl/N-ethyl adjacent to an activating group) is 1. The monoisotopic (exact) mass is 496 g/mol. The van der Waals surface area contributed by atoms with Crippen molar-refractivity contribution in [1.29, 1.82) is 0 Å². The number of ether oxygens (including phenoxy) is 1. The Hall–Kier alpha value is -2.65. The van der Waals surface area contributed by atoms with E-state index in [4.69, 9.17) is 9.26 Å². The molecule has 9 heteroatoms. The maximum atomic E-state index is 12.9. The van der Waals surface area contributed by atoms with Crippen LogP contribution in [0.15, 0.2) is 28.8 Å². The van der Waals surface area contributed by atoms with Gasteiger partial charge in [0.25, 0.3) is 0 Å². The van der Waals surface area contributed by atoms with Crippen LogP contribution in [0, 0.1) is 11.8 Å². The summed E-state index contributed by atoms with van der Waals surface area (Å²) in [6.07, 6.45) is 6.80. The number of benzene rings is 1. The first kappa shape index (κ1) is 25.0. The van der Waals surface area contributed by atoms with Crippen LogP contribution in [-0.4, -0.2) is 91.9 Å². The molecule has 0 saturated carbocycles. The zero-order valence-electron chi connectivity index (χ0n) is 21.7. The van der Waals surface area contributed by atoms with Crippen molar-refractivity contribution in [3.8, 4) is 17.1 Å². The summed E-state index contributed by atoms with van der Waals surface area (Å²) in [5.41, 5.74) is 0.885. The van der Waals surface area contributed by atoms with E-state index >= 15 is 0 Å². The van der Waals surface area contributed by atoms with Gasteiger partial charge < -0.3 is 29.3 Å². The molecule has 3 saturated heterocycles. The number of aromatic nitrogens is 2. The van der Waals surface area contributed by atoms with Crippen molar-refractivity contribution >= 4 is 11.9 Å². The van der Waals surface area contributed by atoms with E-state index in [0.29, 0.717) is 23.8 Å². The van der Waals surface area contributed by atoms with E-state index in [2.05, 4.69) is 37.2 Å². The van der Waals surface area contributed by atoms with Crippen molar-refractivity contribution in [1.82, 2.24) is 25.3 Å². The molecule has 3 aliphatic rings. The lowest BCUT2D eigenvalue weighted by atomic mass is 9.96. The summed E-state index contributed by atoms with van der Waals surface area (Å²) in [6.45, 7) is 6.96. The summed E-state index contributed by atoms with van der Waals surface area (Å²) in [7, 11) is 3.91. The summed E-state index contributed by atoms with van der Waals surface area (Å²) in [5.74, 6) is 2.18. The zero-order valence-corrected chi connectivity index (χ0v) is 21.7. The van der Waals surface area contributed by atoms with Gasteiger partial charge >= 0.3 is 6.01 Å². The largest absolute Gasteiger partial charge is 0.497 e. The lowest BCUT2D eigenvalue weighted by Crippen LogP contribution is -2.44. The Morgan fingerprint density at radius 3 is 2.64 bits per heavy atom. The number of amides is 1. The van der Waals surface area contributed by atoms with Crippen molar-refractivity contribution in [3.05, 3.63) is 24.3 Å². The van der Waals surface area contributed by atoms with Gasteiger partial charge in [0.15, 0.2) is 0 Å². The van der Waals surface area contributed by atoms with Crippen molar-refractivity contribution in [3.63, 3.8) is 0 Å². The number of hydrogen-bond acceptors (Lipinski definition) is 8. The van der Waals surface area contributed by atoms with Crippen LogP contribution in [-0.2, 0) is 4.79 Å². The molecule has 1 amide bonds. The Kier molecular flexibility index (Phi) is 8.06. The molecule has 4 heterocycles. The van der Waals surface area contributed by atoms with Crippen molar-refractivity contribution in [2.45, 2.75) is 44.6 Å². The molecule has 0 radical (unpaired) electrons. The normalized spacial score (nSPS) is 24.2. The van der Waals surface area contributed by atoms with E-state index in [9.17, 15) is 4.79 Å². The molecule has 0 aliphatic carbocycles. The van der Waals surface area contributed by atoms with E-state index in [0.717, 1.165) is 56.9 Å². The first-order chi connectivity index (χ1) is 17.6. The minimum Gasteiger partial charge on any atom is -0.497 e. The molecule has 5 rings (SSSR count). The summed E-state index contributed by atoms with van der Waals surface area (Å²) in [6, 6.07) is 8.82. The number of hydrogen-bond donors (Lipinski definition) is 1. The number of likely N-dealkylation sites (tertiary alicyclic amines) is 2. The number of nitrogens with zero attached hydrogens (tertiary/aromatic N) is 5. The summed E-state index contributed by atoms with van der Waals surface area (Å²) in [4.78, 5) is 24.7. The quantitative estimate of drug-likeness (QED) is 0.597. The van der Waals surface area contributed by atoms with Crippen molar-refractivity contribution in [2.75, 3.05) is 64.9 Å². The third-order valence-electron chi connectivity index (χ3n) is 8.23. The van der Waals surface area contributed by atoms with Gasteiger partial charge in [0.1, 0.15) is 5.75 Å². The predicted octanol–water partition coefficient (Wildman–Crippen LogP) is 2.88. The van der Waals surface area contributed by atoms with Gasteiger partial charge in [-0.15, -0.1) is 0 Å². The molecular formula is C27H40N6O3. The van der Waals surface area contributed by atoms with Crippen LogP contribution in [0.4, 0.5) is 6.01 Å². The van der Waals surface area contributed by atoms with Gasteiger partial charge in [0, 0.05) is 50.2 Å². The van der Waals surface area contributed by atoms with Gasteiger partial charge in [-0.25, -0.2) is 0 Å². The average Bonchev–Trinajstić information content (AvgIpc) is 3.59. The smallest absolute Gasteiger partial charge is 0.324 e. The van der Waals surface area contributed by atoms with E-state index < -0.39 is 0 Å². The first-order valence-electron chi connectivity index (χ1n) is 13.5. The molecule has 1 N–H and O–H groups in total. The number of nitrogens with one attached hydrogen (secondary N) is 1. The highest BCUT2D eigenvalue weighted by atomic mass is 16.5. The Bertz CT molecular complexity index is 988. The third kappa shape index (κ3) is 6.00. The second kappa shape index (κ2) is 11.6. The highest BCUT2D eigenvalue weighted by molar-refractivity contribution is 5.79. The summed E-state index contributed by atoms with van der Waals surface area (Å²) in [5, 5.41) is 7.40. The van der Waals surface area contributed by atoms with Crippen LogP contribution < -0.4 is 15.0 Å². The Labute approximate surface area is 214 Å². The van der Waals surface area contributed by atoms with Gasteiger partial charge in [-0.1, -0.05) is 11.6 Å². The number of rotatable bonds is 8. The maximum absolute atomic E-state index is 12.9. The number of anilines is 1. The molecule has 2 aromatic rings. The fourth-order valence-corrected chi connectivity index (χ4v) is 5.84. The van der Waals surface area contributed by atoms with Gasteiger partial charge in [-0.05, 0) is 82.4 Å². The Morgan fingerprint density at radius 1 is 1.08 bits per heavy atom. The fourth-order valence-electron chi connectivity index (χ4n) is 5.84. The van der Waals surface area contributed by atoms with E-state index in [-0.39, 0.29) is 11.8 Å². The van der Waals surface area contributed by atoms with Crippen LogP contribution in [0.5, 0.6) is 5.75 Å². The minimum atomic E-state index is 0.0543. The predicted molar refractivity (Wildman–Crippen MR) is 139 cm³/mol. The molecule has 1 aromatic heterocycles. The maximum Gasteiger partial charge on any atom is 0.324 e. The van der Waals surface area contributed by atoms with Gasteiger partial charge in [0.2, 0.25) is 11.7 Å². The summed E-state index contributed by atoms with van der Waals surface area (Å²) < 4.78 is 10.7. The number of carbonyl (C=O) groups excluding carboxylic acids is 1. The molecule has 2 atom stereocenters. The average molecular weight is 497 g/mol. The third-order valence-corrected chi connectivity index (χ3v) is 8.23. The number of methoxy groups -OCH3 is 1. The van der Waals surface area contributed by atoms with Gasteiger partial charge in [-0.3, -0.25) is 4.79 Å². The summed E-state index contributed by atoms with van der Waals surface area (Å²) >= 11 is 0. The molecule has 3 fully saturated rings. The second-order valence-electron chi connectivity index (χ2n) is 10.7. The molecule has 0 bridgehead atoms. The molecule has 36 heavy (non-hydrogen) atoms. The molecular weight excluding hydrogens is 456 g/mol. The molecule has 196 valence electrons. The van der Waals surface area contributed by atoms with Crippen LogP contribution in [0.25, 0.3) is 11.4 Å². The van der Waals surface area contributed by atoms with Crippen LogP contribution >= 0.6 is 0 Å². The SMILES string of the molecule is COc1ccc(-c2noc(N3CCC(C(=O)NCC4CCN(C[C@H]5CCCCN5C)C4)CC3)n2)cc1. The highest BCUT2D eigenvalue weighted by Crippen LogP contribution is 2.26. The second-order valence-corrected chi connectivity index (χ2v) is 10.7. The van der Waals surface area contributed by atoms with Crippen LogP contribution in [0.2, 0.25) is 0 Å². The van der Waals surface area contributed by atoms with Crippen molar-refractivity contribution < 1.29 is 14.1 Å².